The number of carbonyl (C=O) groups is 2. The molecule has 5 aromatic rings. The van der Waals surface area contributed by atoms with E-state index in [1.807, 2.05) is 55.5 Å². The Balaban J connectivity index is 0.000000285. The number of ketones is 2. The first-order valence-electron chi connectivity index (χ1n) is 20.8. The molecular formula is C47H60BrF2N8O4PS3. The van der Waals surface area contributed by atoms with Crippen LogP contribution in [0.25, 0.3) is 0 Å². The van der Waals surface area contributed by atoms with Crippen molar-refractivity contribution >= 4 is 105 Å². The fraction of sp³-hybridized carbons (Fsp3) is 0.340. The molecule has 1 aromatic heterocycles. The van der Waals surface area contributed by atoms with E-state index in [1.54, 1.807) is 12.1 Å². The highest BCUT2D eigenvalue weighted by atomic mass is 79.9. The molecule has 2 aliphatic rings. The van der Waals surface area contributed by atoms with Gasteiger partial charge in [-0.2, -0.15) is 14.9 Å². The number of amidine groups is 1. The number of anilines is 4. The predicted octanol–water partition coefficient (Wildman–Crippen LogP) is 10.3. The smallest absolute Gasteiger partial charge is 0.206 e. The van der Waals surface area contributed by atoms with Crippen molar-refractivity contribution in [1.29, 1.82) is 0 Å². The van der Waals surface area contributed by atoms with Gasteiger partial charge in [0.1, 0.15) is 46.0 Å². The molecule has 6 N–H and O–H groups in total. The van der Waals surface area contributed by atoms with E-state index in [1.165, 1.54) is 48.2 Å². The van der Waals surface area contributed by atoms with E-state index in [0.717, 1.165) is 92.1 Å². The van der Waals surface area contributed by atoms with E-state index < -0.39 is 5.82 Å². The summed E-state index contributed by atoms with van der Waals surface area (Å²) in [5.74, 6) is 1.40. The van der Waals surface area contributed by atoms with E-state index in [9.17, 15) is 18.4 Å². The van der Waals surface area contributed by atoms with E-state index in [0.29, 0.717) is 21.0 Å². The van der Waals surface area contributed by atoms with Crippen LogP contribution < -0.4 is 31.6 Å². The number of thiazole rings is 1. The number of aromatic nitrogens is 1. The van der Waals surface area contributed by atoms with Crippen LogP contribution in [0.2, 0.25) is 0 Å². The average molecular weight is 1050 g/mol. The van der Waals surface area contributed by atoms with Crippen LogP contribution in [-0.2, 0) is 0 Å². The van der Waals surface area contributed by atoms with Crippen LogP contribution in [0.3, 0.4) is 0 Å². The molecule has 2 aliphatic heterocycles. The molecule has 0 bridgehead atoms. The normalized spacial score (nSPS) is 15.7. The number of rotatable bonds is 14. The van der Waals surface area contributed by atoms with Crippen molar-refractivity contribution in [2.45, 2.75) is 53.2 Å². The summed E-state index contributed by atoms with van der Waals surface area (Å²) in [5.41, 5.74) is 14.0. The molecule has 356 valence electrons. The highest BCUT2D eigenvalue weighted by Crippen LogP contribution is 2.31. The van der Waals surface area contributed by atoms with E-state index in [-0.39, 0.29) is 68.5 Å². The first-order chi connectivity index (χ1) is 30.8. The summed E-state index contributed by atoms with van der Waals surface area (Å²) in [6, 6.07) is 26.6. The quantitative estimate of drug-likeness (QED) is 0.0208. The fourth-order valence-electron chi connectivity index (χ4n) is 6.58. The second kappa shape index (κ2) is 28.6. The predicted molar refractivity (Wildman–Crippen MR) is 283 cm³/mol. The molecule has 3 heterocycles. The number of hydrogen-bond donors (Lipinski definition) is 4. The number of likely N-dealkylation sites (tertiary alicyclic amines) is 2. The number of thiocarbonyl (C=S) groups is 1. The highest BCUT2D eigenvalue weighted by Gasteiger charge is 2.24. The van der Waals surface area contributed by atoms with Crippen LogP contribution in [-0.4, -0.2) is 99.2 Å². The minimum atomic E-state index is -0.468. The van der Waals surface area contributed by atoms with Gasteiger partial charge in [-0.25, -0.2) is 13.8 Å². The Morgan fingerprint density at radius 2 is 1.38 bits per heavy atom. The number of alkyl halides is 1. The number of likely N-dealkylation sites (N-methyl/N-ethyl adjacent to an activating group) is 2. The number of nitrogens with two attached hydrogens (primary N) is 2. The third kappa shape index (κ3) is 17.9. The molecule has 0 radical (unpaired) electrons. The van der Waals surface area contributed by atoms with Crippen LogP contribution in [0.5, 0.6) is 11.5 Å². The molecule has 0 amide bonds. The van der Waals surface area contributed by atoms with E-state index in [2.05, 4.69) is 60.2 Å². The average Bonchev–Trinajstić information content (AvgIpc) is 4.05. The number of halogens is 3. The standard InChI is InChI=1S/C22H23FN4O2S.C16H24N4OS2.C8H6BrFO.CH4.H3P/c1-2-27-11-10-18(13-27)29-17-8-6-16(7-9-17)25-22-26-21(24)20(30-22)19(28)14-4-3-5-15(23)12-14;1-3-20-10-9-14(11-20)21-13-7-5-12(6-8-13)18-16(22)19-15(17)23-4-2;9-5-8(11)6-2-1-3-7(10)4-6;;/h3-9,12,18H,2,10-11,13,24H2,1H3,(H,25,26);5-8,14H,3-4,9-11H2,1-2H3,(H3,17,18,19,22);1-4H,5H2;1H4;1H3. The molecule has 0 saturated carbocycles. The number of nitrogens with one attached hydrogen (secondary N) is 2. The fourth-order valence-corrected chi connectivity index (χ4v) is 8.50. The molecular weight excluding hydrogens is 986 g/mol. The molecule has 66 heavy (non-hydrogen) atoms. The Hall–Kier alpha value is -4.55. The first-order valence-corrected chi connectivity index (χ1v) is 24.1. The number of nitrogens with zero attached hydrogens (tertiary/aromatic N) is 4. The van der Waals surface area contributed by atoms with Gasteiger partial charge in [-0.1, -0.05) is 91.5 Å². The van der Waals surface area contributed by atoms with Gasteiger partial charge in [0, 0.05) is 48.7 Å². The van der Waals surface area contributed by atoms with Crippen molar-refractivity contribution < 1.29 is 27.8 Å². The Bertz CT molecular complexity index is 2350. The number of thioether (sulfide) groups is 1. The molecule has 3 unspecified atom stereocenters. The van der Waals surface area contributed by atoms with Crippen LogP contribution in [0, 0.1) is 11.6 Å². The summed E-state index contributed by atoms with van der Waals surface area (Å²) in [7, 11) is 0. The van der Waals surface area contributed by atoms with Gasteiger partial charge in [0.15, 0.2) is 21.2 Å². The third-order valence-electron chi connectivity index (χ3n) is 9.89. The molecule has 0 spiro atoms. The lowest BCUT2D eigenvalue weighted by atomic mass is 10.1. The maximum atomic E-state index is 13.4. The number of hydrogen-bond acceptors (Lipinski definition) is 12. The largest absolute Gasteiger partial charge is 0.489 e. The summed E-state index contributed by atoms with van der Waals surface area (Å²) in [6.07, 6.45) is 2.62. The third-order valence-corrected chi connectivity index (χ3v) is 12.3. The van der Waals surface area contributed by atoms with Gasteiger partial charge in [-0.3, -0.25) is 19.4 Å². The Kier molecular flexibility index (Phi) is 24.2. The van der Waals surface area contributed by atoms with Crippen molar-refractivity contribution in [2.75, 3.05) is 66.7 Å². The highest BCUT2D eigenvalue weighted by molar-refractivity contribution is 9.09. The molecule has 12 nitrogen and oxygen atoms in total. The summed E-state index contributed by atoms with van der Waals surface area (Å²) < 4.78 is 38.0. The Labute approximate surface area is 412 Å². The van der Waals surface area contributed by atoms with Gasteiger partial charge in [-0.05, 0) is 117 Å². The molecule has 19 heteroatoms. The molecule has 0 aliphatic carbocycles. The van der Waals surface area contributed by atoms with E-state index >= 15 is 0 Å². The molecule has 2 saturated heterocycles. The SMILES string of the molecule is C.CCN1CCC(Oc2ccc(Nc3nc(N)c(C(=O)c4cccc(F)c4)s3)cc2)C1.CCSC(N)=NC(=S)Nc1ccc(OC2CCN(CC)C2)cc1.O=C(CBr)c1cccc(F)c1.P. The van der Waals surface area contributed by atoms with Gasteiger partial charge in [0.2, 0.25) is 5.78 Å². The second-order valence-electron chi connectivity index (χ2n) is 14.5. The Morgan fingerprint density at radius 1 is 0.864 bits per heavy atom. The number of aliphatic imine (C=N–C) groups is 1. The minimum Gasteiger partial charge on any atom is -0.489 e. The van der Waals surface area contributed by atoms with E-state index in [4.69, 9.17) is 33.2 Å². The number of nitrogen functional groups attached to an aromatic ring is 1. The number of benzene rings is 4. The number of ether oxygens (including phenoxy) is 2. The molecule has 3 atom stereocenters. The van der Waals surface area contributed by atoms with Crippen LogP contribution in [0.4, 0.5) is 31.1 Å². The zero-order chi connectivity index (χ0) is 46.0. The zero-order valence-electron chi connectivity index (χ0n) is 36.6. The van der Waals surface area contributed by atoms with Crippen molar-refractivity contribution in [3.63, 3.8) is 0 Å². The zero-order valence-corrected chi connectivity index (χ0v) is 42.1. The van der Waals surface area contributed by atoms with Crippen LogP contribution in [0.15, 0.2) is 102 Å². The molecule has 4 aromatic carbocycles. The number of carbonyl (C=O) groups excluding carboxylic acids is 2. The summed E-state index contributed by atoms with van der Waals surface area (Å²) >= 11 is 10.8. The van der Waals surface area contributed by atoms with Gasteiger partial charge in [0.25, 0.3) is 0 Å². The Morgan fingerprint density at radius 3 is 1.86 bits per heavy atom. The van der Waals surface area contributed by atoms with Crippen LogP contribution in [0.1, 0.15) is 66.6 Å². The van der Waals surface area contributed by atoms with Gasteiger partial charge in [-0.15, -0.1) is 0 Å². The van der Waals surface area contributed by atoms with Crippen molar-refractivity contribution in [1.82, 2.24) is 14.8 Å². The monoisotopic (exact) mass is 1040 g/mol. The maximum Gasteiger partial charge on any atom is 0.206 e. The van der Waals surface area contributed by atoms with Crippen molar-refractivity contribution in [2.24, 2.45) is 10.7 Å². The molecule has 7 rings (SSSR count). The maximum absolute atomic E-state index is 13.4. The first kappa shape index (κ1) is 55.8. The van der Waals surface area contributed by atoms with Crippen molar-refractivity contribution in [3.8, 4) is 11.5 Å². The topological polar surface area (TPSA) is 160 Å². The van der Waals surface area contributed by atoms with Gasteiger partial charge in [0.05, 0.1) is 5.33 Å². The lowest BCUT2D eigenvalue weighted by Gasteiger charge is -2.15. The second-order valence-corrected chi connectivity index (χ2v) is 17.7. The summed E-state index contributed by atoms with van der Waals surface area (Å²) in [5, 5.41) is 7.79. The van der Waals surface area contributed by atoms with Crippen LogP contribution >= 0.6 is 61.1 Å². The lowest BCUT2D eigenvalue weighted by molar-refractivity contribution is 0.102. The van der Waals surface area contributed by atoms with Crippen molar-refractivity contribution in [3.05, 3.63) is 125 Å². The van der Waals surface area contributed by atoms with Gasteiger partial charge >= 0.3 is 0 Å². The summed E-state index contributed by atoms with van der Waals surface area (Å²) in [6.45, 7) is 12.6. The minimum absolute atomic E-state index is 0. The molecule has 2 fully saturated rings. The summed E-state index contributed by atoms with van der Waals surface area (Å²) in [4.78, 5) is 37.0. The lowest BCUT2D eigenvalue weighted by Crippen LogP contribution is -2.24. The number of Topliss-reactive ketones (excluding diaryl/α,β-unsaturated/α-hetero) is 1. The van der Waals surface area contributed by atoms with Gasteiger partial charge < -0.3 is 31.6 Å².